The standard InChI is InChI=1S/C18H10O6.C2H6/c19-10-5-9-14(6-11(10)20)24-12-3-1-8-2-4-13-18(23-7-22-13)15(8)16(12)17(9)21;1-2/h1-6,19-20H,7H2;1-2H3. The minimum atomic E-state index is -0.376. The quantitative estimate of drug-likeness (QED) is 0.279. The molecular weight excluding hydrogens is 336 g/mol. The van der Waals surface area contributed by atoms with Crippen LogP contribution in [0.2, 0.25) is 0 Å². The molecule has 4 aromatic rings. The first kappa shape index (κ1) is 16.1. The van der Waals surface area contributed by atoms with Gasteiger partial charge in [0.05, 0.1) is 10.8 Å². The van der Waals surface area contributed by atoms with Crippen LogP contribution in [0.5, 0.6) is 23.0 Å². The van der Waals surface area contributed by atoms with Gasteiger partial charge in [0.2, 0.25) is 12.2 Å². The van der Waals surface area contributed by atoms with E-state index in [0.29, 0.717) is 27.9 Å². The number of phenolic OH excluding ortho intramolecular Hbond substituents is 2. The van der Waals surface area contributed by atoms with Gasteiger partial charge in [0.1, 0.15) is 11.2 Å². The fourth-order valence-electron chi connectivity index (χ4n) is 3.14. The van der Waals surface area contributed by atoms with Gasteiger partial charge in [0.25, 0.3) is 0 Å². The van der Waals surface area contributed by atoms with Gasteiger partial charge < -0.3 is 24.1 Å². The van der Waals surface area contributed by atoms with Crippen molar-refractivity contribution >= 4 is 32.7 Å². The predicted molar refractivity (Wildman–Crippen MR) is 98.3 cm³/mol. The molecule has 1 aliphatic rings. The average Bonchev–Trinajstić information content (AvgIpc) is 3.14. The highest BCUT2D eigenvalue weighted by Gasteiger charge is 2.21. The normalized spacial score (nSPS) is 12.4. The molecule has 0 bridgehead atoms. The van der Waals surface area contributed by atoms with Crippen LogP contribution in [0, 0.1) is 0 Å². The third-order valence-corrected chi connectivity index (χ3v) is 4.25. The highest BCUT2D eigenvalue weighted by molar-refractivity contribution is 6.12. The van der Waals surface area contributed by atoms with Crippen LogP contribution in [-0.4, -0.2) is 17.0 Å². The van der Waals surface area contributed by atoms with Crippen LogP contribution in [0.1, 0.15) is 13.8 Å². The molecule has 0 amide bonds. The van der Waals surface area contributed by atoms with Crippen molar-refractivity contribution in [3.63, 3.8) is 0 Å². The van der Waals surface area contributed by atoms with E-state index >= 15 is 0 Å². The zero-order valence-corrected chi connectivity index (χ0v) is 14.2. The van der Waals surface area contributed by atoms with Crippen LogP contribution in [0.25, 0.3) is 32.7 Å². The SMILES string of the molecule is CC.O=c1c2cc(O)c(O)cc2oc2ccc3ccc4c(c3c12)OCO4. The van der Waals surface area contributed by atoms with Crippen LogP contribution in [0.3, 0.4) is 0 Å². The Morgan fingerprint density at radius 3 is 2.42 bits per heavy atom. The minimum Gasteiger partial charge on any atom is -0.504 e. The lowest BCUT2D eigenvalue weighted by atomic mass is 10.0. The molecule has 0 unspecified atom stereocenters. The molecule has 2 N–H and O–H groups in total. The molecule has 0 saturated heterocycles. The number of aromatic hydroxyl groups is 2. The number of fused-ring (bicyclic) bond motifs is 6. The predicted octanol–water partition coefficient (Wildman–Crippen LogP) is 4.27. The van der Waals surface area contributed by atoms with Crippen LogP contribution in [0.15, 0.2) is 45.6 Å². The summed E-state index contributed by atoms with van der Waals surface area (Å²) in [5.41, 5.74) is 0.261. The van der Waals surface area contributed by atoms with Gasteiger partial charge in [-0.25, -0.2) is 0 Å². The zero-order chi connectivity index (χ0) is 18.4. The van der Waals surface area contributed by atoms with Crippen molar-refractivity contribution in [2.45, 2.75) is 13.8 Å². The Morgan fingerprint density at radius 1 is 0.885 bits per heavy atom. The Kier molecular flexibility index (Phi) is 3.61. The van der Waals surface area contributed by atoms with Gasteiger partial charge in [-0.3, -0.25) is 4.79 Å². The Labute approximate surface area is 147 Å². The Hall–Kier alpha value is -3.41. The molecule has 0 fully saturated rings. The first-order valence-electron chi connectivity index (χ1n) is 8.27. The number of phenols is 2. The summed E-state index contributed by atoms with van der Waals surface area (Å²) < 4.78 is 16.7. The van der Waals surface area contributed by atoms with Crippen LogP contribution >= 0.6 is 0 Å². The molecule has 6 heteroatoms. The first-order chi connectivity index (χ1) is 12.6. The molecule has 0 radical (unpaired) electrons. The van der Waals surface area contributed by atoms with Crippen LogP contribution in [-0.2, 0) is 0 Å². The van der Waals surface area contributed by atoms with E-state index in [9.17, 15) is 15.0 Å². The second kappa shape index (κ2) is 5.84. The summed E-state index contributed by atoms with van der Waals surface area (Å²) >= 11 is 0. The van der Waals surface area contributed by atoms with Crippen molar-refractivity contribution in [1.29, 1.82) is 0 Å². The first-order valence-corrected chi connectivity index (χ1v) is 8.27. The molecule has 0 aliphatic carbocycles. The van der Waals surface area contributed by atoms with Gasteiger partial charge >= 0.3 is 0 Å². The highest BCUT2D eigenvalue weighted by Crippen LogP contribution is 2.42. The largest absolute Gasteiger partial charge is 0.504 e. The molecule has 132 valence electrons. The lowest BCUT2D eigenvalue weighted by molar-refractivity contribution is 0.175. The topological polar surface area (TPSA) is 89.1 Å². The summed E-state index contributed by atoms with van der Waals surface area (Å²) in [5, 5.41) is 21.3. The second-order valence-corrected chi connectivity index (χ2v) is 5.60. The lowest BCUT2D eigenvalue weighted by Gasteiger charge is -2.08. The van der Waals surface area contributed by atoms with Gasteiger partial charge in [0, 0.05) is 11.5 Å². The second-order valence-electron chi connectivity index (χ2n) is 5.60. The van der Waals surface area contributed by atoms with Gasteiger partial charge in [-0.1, -0.05) is 26.0 Å². The Bertz CT molecular complexity index is 1220. The molecular formula is C20H16O6. The van der Waals surface area contributed by atoms with E-state index < -0.39 is 0 Å². The molecule has 1 aliphatic heterocycles. The van der Waals surface area contributed by atoms with Crippen molar-refractivity contribution in [3.8, 4) is 23.0 Å². The summed E-state index contributed by atoms with van der Waals surface area (Å²) in [7, 11) is 0. The fraction of sp³-hybridized carbons (Fsp3) is 0.150. The van der Waals surface area contributed by atoms with E-state index in [1.807, 2.05) is 26.0 Å². The smallest absolute Gasteiger partial charge is 0.231 e. The van der Waals surface area contributed by atoms with Gasteiger partial charge in [-0.05, 0) is 23.6 Å². The number of benzene rings is 3. The number of rotatable bonds is 0. The fourth-order valence-corrected chi connectivity index (χ4v) is 3.14. The maximum Gasteiger partial charge on any atom is 0.231 e. The van der Waals surface area contributed by atoms with Crippen molar-refractivity contribution in [2.75, 3.05) is 6.79 Å². The molecule has 6 nitrogen and oxygen atoms in total. The molecule has 1 aromatic heterocycles. The van der Waals surface area contributed by atoms with Gasteiger partial charge in [0.15, 0.2) is 23.0 Å². The molecule has 2 heterocycles. The van der Waals surface area contributed by atoms with Gasteiger partial charge in [-0.2, -0.15) is 0 Å². The van der Waals surface area contributed by atoms with E-state index in [-0.39, 0.29) is 34.7 Å². The number of hydrogen-bond acceptors (Lipinski definition) is 6. The monoisotopic (exact) mass is 352 g/mol. The summed E-state index contributed by atoms with van der Waals surface area (Å²) in [6, 6.07) is 9.60. The molecule has 0 spiro atoms. The van der Waals surface area contributed by atoms with E-state index in [1.54, 1.807) is 12.1 Å². The number of hydrogen-bond donors (Lipinski definition) is 2. The average molecular weight is 352 g/mol. The third kappa shape index (κ3) is 2.15. The van der Waals surface area contributed by atoms with E-state index in [1.165, 1.54) is 12.1 Å². The molecule has 0 atom stereocenters. The maximum absolute atomic E-state index is 13.0. The van der Waals surface area contributed by atoms with E-state index in [0.717, 1.165) is 5.39 Å². The molecule has 26 heavy (non-hydrogen) atoms. The zero-order valence-electron chi connectivity index (χ0n) is 14.2. The Balaban J connectivity index is 0.000000814. The summed E-state index contributed by atoms with van der Waals surface area (Å²) in [4.78, 5) is 13.0. The lowest BCUT2D eigenvalue weighted by Crippen LogP contribution is -2.03. The summed E-state index contributed by atoms with van der Waals surface area (Å²) in [5.74, 6) is 0.360. The molecule has 5 rings (SSSR count). The van der Waals surface area contributed by atoms with Crippen molar-refractivity contribution in [3.05, 3.63) is 46.6 Å². The van der Waals surface area contributed by atoms with Crippen LogP contribution < -0.4 is 14.9 Å². The molecule has 3 aromatic carbocycles. The third-order valence-electron chi connectivity index (χ3n) is 4.25. The molecule has 0 saturated carbocycles. The Morgan fingerprint density at radius 2 is 1.62 bits per heavy atom. The highest BCUT2D eigenvalue weighted by atomic mass is 16.7. The van der Waals surface area contributed by atoms with Gasteiger partial charge in [-0.15, -0.1) is 0 Å². The summed E-state index contributed by atoms with van der Waals surface area (Å²) in [6.45, 7) is 4.10. The van der Waals surface area contributed by atoms with Crippen LogP contribution in [0.4, 0.5) is 0 Å². The maximum atomic E-state index is 13.0. The van der Waals surface area contributed by atoms with Crippen molar-refractivity contribution in [1.82, 2.24) is 0 Å². The van der Waals surface area contributed by atoms with Crippen molar-refractivity contribution < 1.29 is 24.1 Å². The van der Waals surface area contributed by atoms with E-state index in [4.69, 9.17) is 13.9 Å². The number of ether oxygens (including phenoxy) is 2. The van der Waals surface area contributed by atoms with E-state index in [2.05, 4.69) is 0 Å². The summed E-state index contributed by atoms with van der Waals surface area (Å²) in [6.07, 6.45) is 0. The van der Waals surface area contributed by atoms with Crippen molar-refractivity contribution in [2.24, 2.45) is 0 Å². The minimum absolute atomic E-state index is 0.0956.